The third-order valence-electron chi connectivity index (χ3n) is 3.93. The summed E-state index contributed by atoms with van der Waals surface area (Å²) < 4.78 is 0. The average molecular weight is 225 g/mol. The van der Waals surface area contributed by atoms with Crippen LogP contribution in [0, 0.1) is 11.8 Å². The number of nitrogens with two attached hydrogens (primary N) is 1. The fourth-order valence-corrected chi connectivity index (χ4v) is 3.01. The van der Waals surface area contributed by atoms with Crippen molar-refractivity contribution in [3.63, 3.8) is 0 Å². The highest BCUT2D eigenvalue weighted by molar-refractivity contribution is 5.76. The zero-order valence-corrected chi connectivity index (χ0v) is 10.7. The molecular formula is C14H27NO. The first kappa shape index (κ1) is 13.5. The molecule has 1 amide bonds. The third-order valence-corrected chi connectivity index (χ3v) is 3.93. The SMILES string of the molecule is CCC[C@@H]1CCCCCCCC[C@@H]1C(N)=O. The Morgan fingerprint density at radius 2 is 1.62 bits per heavy atom. The lowest BCUT2D eigenvalue weighted by atomic mass is 9.80. The van der Waals surface area contributed by atoms with Crippen LogP contribution >= 0.6 is 0 Å². The molecule has 2 heteroatoms. The van der Waals surface area contributed by atoms with Gasteiger partial charge >= 0.3 is 0 Å². The second kappa shape index (κ2) is 7.70. The van der Waals surface area contributed by atoms with Crippen LogP contribution in [0.15, 0.2) is 0 Å². The van der Waals surface area contributed by atoms with Crippen LogP contribution in [0.1, 0.15) is 71.1 Å². The normalized spacial score (nSPS) is 28.6. The lowest BCUT2D eigenvalue weighted by molar-refractivity contribution is -0.124. The second-order valence-electron chi connectivity index (χ2n) is 5.26. The van der Waals surface area contributed by atoms with Crippen LogP contribution in [0.5, 0.6) is 0 Å². The molecule has 0 aromatic carbocycles. The summed E-state index contributed by atoms with van der Waals surface area (Å²) in [5.41, 5.74) is 5.56. The largest absolute Gasteiger partial charge is 0.369 e. The van der Waals surface area contributed by atoms with Crippen molar-refractivity contribution in [2.24, 2.45) is 17.6 Å². The first-order valence-electron chi connectivity index (χ1n) is 7.05. The van der Waals surface area contributed by atoms with Crippen molar-refractivity contribution >= 4 is 5.91 Å². The molecule has 0 unspecified atom stereocenters. The molecule has 0 radical (unpaired) electrons. The Hall–Kier alpha value is -0.530. The van der Waals surface area contributed by atoms with Gasteiger partial charge in [-0.05, 0) is 25.2 Å². The van der Waals surface area contributed by atoms with Crippen LogP contribution in [0.25, 0.3) is 0 Å². The molecule has 0 bridgehead atoms. The van der Waals surface area contributed by atoms with E-state index in [9.17, 15) is 4.79 Å². The topological polar surface area (TPSA) is 43.1 Å². The zero-order valence-electron chi connectivity index (χ0n) is 10.7. The van der Waals surface area contributed by atoms with Crippen LogP contribution in [0.2, 0.25) is 0 Å². The number of amides is 1. The maximum Gasteiger partial charge on any atom is 0.220 e. The van der Waals surface area contributed by atoms with Crippen molar-refractivity contribution in [2.45, 2.75) is 71.1 Å². The van der Waals surface area contributed by atoms with Crippen molar-refractivity contribution in [3.05, 3.63) is 0 Å². The van der Waals surface area contributed by atoms with Crippen molar-refractivity contribution in [1.82, 2.24) is 0 Å². The Labute approximate surface area is 100.0 Å². The molecule has 1 aliphatic rings. The molecule has 16 heavy (non-hydrogen) atoms. The molecule has 94 valence electrons. The molecule has 1 rings (SSSR count). The molecule has 2 atom stereocenters. The van der Waals surface area contributed by atoms with E-state index in [0.717, 1.165) is 6.42 Å². The minimum absolute atomic E-state index is 0.0565. The lowest BCUT2D eigenvalue weighted by Gasteiger charge is -2.25. The molecule has 1 saturated carbocycles. The number of hydrogen-bond acceptors (Lipinski definition) is 1. The van der Waals surface area contributed by atoms with Gasteiger partial charge in [-0.1, -0.05) is 51.9 Å². The highest BCUT2D eigenvalue weighted by Gasteiger charge is 2.25. The van der Waals surface area contributed by atoms with E-state index in [4.69, 9.17) is 5.73 Å². The van der Waals surface area contributed by atoms with Gasteiger partial charge in [0.1, 0.15) is 0 Å². The van der Waals surface area contributed by atoms with Crippen molar-refractivity contribution in [3.8, 4) is 0 Å². The molecule has 0 heterocycles. The Bertz CT molecular complexity index is 203. The molecule has 1 aliphatic carbocycles. The molecule has 0 aliphatic heterocycles. The summed E-state index contributed by atoms with van der Waals surface area (Å²) in [5.74, 6) is 0.651. The Morgan fingerprint density at radius 1 is 1.06 bits per heavy atom. The first-order chi connectivity index (χ1) is 7.75. The van der Waals surface area contributed by atoms with Crippen LogP contribution < -0.4 is 5.73 Å². The molecule has 2 N–H and O–H groups in total. The van der Waals surface area contributed by atoms with Gasteiger partial charge in [0, 0.05) is 5.92 Å². The van der Waals surface area contributed by atoms with Gasteiger partial charge in [0.2, 0.25) is 5.91 Å². The number of rotatable bonds is 3. The van der Waals surface area contributed by atoms with Gasteiger partial charge in [-0.25, -0.2) is 0 Å². The summed E-state index contributed by atoms with van der Waals surface area (Å²) in [4.78, 5) is 11.5. The van der Waals surface area contributed by atoms with E-state index in [1.807, 2.05) is 0 Å². The van der Waals surface area contributed by atoms with Crippen LogP contribution in [-0.4, -0.2) is 5.91 Å². The number of primary amides is 1. The van der Waals surface area contributed by atoms with Gasteiger partial charge < -0.3 is 5.73 Å². The molecule has 0 spiro atoms. The summed E-state index contributed by atoms with van der Waals surface area (Å²) in [6.45, 7) is 2.21. The fourth-order valence-electron chi connectivity index (χ4n) is 3.01. The van der Waals surface area contributed by atoms with Gasteiger partial charge in [-0.3, -0.25) is 4.79 Å². The molecular weight excluding hydrogens is 198 g/mol. The molecule has 1 fully saturated rings. The Balaban J connectivity index is 2.57. The van der Waals surface area contributed by atoms with E-state index in [2.05, 4.69) is 6.92 Å². The smallest absolute Gasteiger partial charge is 0.220 e. The monoisotopic (exact) mass is 225 g/mol. The van der Waals surface area contributed by atoms with E-state index in [1.54, 1.807) is 0 Å². The number of hydrogen-bond donors (Lipinski definition) is 1. The molecule has 0 aromatic rings. The predicted molar refractivity (Wildman–Crippen MR) is 68.0 cm³/mol. The minimum Gasteiger partial charge on any atom is -0.369 e. The average Bonchev–Trinajstić information content (AvgIpc) is 2.26. The number of carbonyl (C=O) groups excluding carboxylic acids is 1. The van der Waals surface area contributed by atoms with Crippen LogP contribution in [0.4, 0.5) is 0 Å². The van der Waals surface area contributed by atoms with Gasteiger partial charge in [0.25, 0.3) is 0 Å². The van der Waals surface area contributed by atoms with Gasteiger partial charge in [0.05, 0.1) is 0 Å². The van der Waals surface area contributed by atoms with E-state index >= 15 is 0 Å². The van der Waals surface area contributed by atoms with Gasteiger partial charge in [-0.2, -0.15) is 0 Å². The van der Waals surface area contributed by atoms with Gasteiger partial charge in [0.15, 0.2) is 0 Å². The van der Waals surface area contributed by atoms with E-state index in [1.165, 1.54) is 57.8 Å². The molecule has 2 nitrogen and oxygen atoms in total. The summed E-state index contributed by atoms with van der Waals surface area (Å²) in [7, 11) is 0. The van der Waals surface area contributed by atoms with E-state index in [0.29, 0.717) is 5.92 Å². The summed E-state index contributed by atoms with van der Waals surface area (Å²) in [5, 5.41) is 0. The predicted octanol–water partition coefficient (Wildman–Crippen LogP) is 3.64. The maximum atomic E-state index is 11.5. The van der Waals surface area contributed by atoms with Crippen molar-refractivity contribution < 1.29 is 4.79 Å². The van der Waals surface area contributed by atoms with Crippen molar-refractivity contribution in [2.75, 3.05) is 0 Å². The van der Waals surface area contributed by atoms with E-state index < -0.39 is 0 Å². The minimum atomic E-state index is -0.0565. The summed E-state index contributed by atoms with van der Waals surface area (Å²) >= 11 is 0. The lowest BCUT2D eigenvalue weighted by Crippen LogP contribution is -2.30. The van der Waals surface area contributed by atoms with Crippen molar-refractivity contribution in [1.29, 1.82) is 0 Å². The Morgan fingerprint density at radius 3 is 2.19 bits per heavy atom. The maximum absolute atomic E-state index is 11.5. The summed E-state index contributed by atoms with van der Waals surface area (Å²) in [6, 6.07) is 0. The highest BCUT2D eigenvalue weighted by Crippen LogP contribution is 2.29. The van der Waals surface area contributed by atoms with Crippen LogP contribution in [-0.2, 0) is 4.79 Å². The standard InChI is InChI=1S/C14H27NO/c1-2-9-12-10-7-5-3-4-6-8-11-13(12)14(15)16/h12-13H,2-11H2,1H3,(H2,15,16)/t12-,13+/m1/s1. The molecule has 0 aromatic heterocycles. The van der Waals surface area contributed by atoms with Gasteiger partial charge in [-0.15, -0.1) is 0 Å². The number of carbonyl (C=O) groups is 1. The highest BCUT2D eigenvalue weighted by atomic mass is 16.1. The first-order valence-corrected chi connectivity index (χ1v) is 7.05. The zero-order chi connectivity index (χ0) is 11.8. The quantitative estimate of drug-likeness (QED) is 0.783. The Kier molecular flexibility index (Phi) is 6.51. The molecule has 0 saturated heterocycles. The van der Waals surface area contributed by atoms with E-state index in [-0.39, 0.29) is 11.8 Å². The summed E-state index contributed by atoms with van der Waals surface area (Å²) in [6.07, 6.45) is 12.4. The fraction of sp³-hybridized carbons (Fsp3) is 0.929. The van der Waals surface area contributed by atoms with Crippen LogP contribution in [0.3, 0.4) is 0 Å². The second-order valence-corrected chi connectivity index (χ2v) is 5.26. The third kappa shape index (κ3) is 4.54.